The minimum Gasteiger partial charge on any atom is -0.0960 e. The highest BCUT2D eigenvalue weighted by Gasteiger charge is 2.16. The van der Waals surface area contributed by atoms with Crippen LogP contribution in [0.4, 0.5) is 0 Å². The second-order valence-electron chi connectivity index (χ2n) is 7.97. The quantitative estimate of drug-likeness (QED) is 0.236. The van der Waals surface area contributed by atoms with Crippen molar-refractivity contribution in [2.45, 2.75) is 43.7 Å². The van der Waals surface area contributed by atoms with E-state index in [1.165, 1.54) is 56.4 Å². The van der Waals surface area contributed by atoms with E-state index in [1.54, 1.807) is 0 Å². The van der Waals surface area contributed by atoms with Gasteiger partial charge in [0.1, 0.15) is 0 Å². The first-order valence-electron chi connectivity index (χ1n) is 11.0. The van der Waals surface area contributed by atoms with Crippen LogP contribution in [-0.4, -0.2) is 0 Å². The summed E-state index contributed by atoms with van der Waals surface area (Å²) in [6.07, 6.45) is 6.39. The Hall–Kier alpha value is -2.13. The largest absolute Gasteiger partial charge is 0.0960 e. The van der Waals surface area contributed by atoms with Gasteiger partial charge < -0.3 is 0 Å². The number of rotatable bonds is 10. The molecule has 2 atom stereocenters. The number of hydrogen-bond acceptors (Lipinski definition) is 0. The number of hydrogen-bond donors (Lipinski definition) is 0. The van der Waals surface area contributed by atoms with Crippen LogP contribution >= 0.6 is 15.1 Å². The summed E-state index contributed by atoms with van der Waals surface area (Å²) in [5.41, 5.74) is 4.40. The fraction of sp³-hybridized carbons (Fsp3) is 0.250. The van der Waals surface area contributed by atoms with E-state index in [0.29, 0.717) is 11.8 Å². The average Bonchev–Trinajstić information content (AvgIpc) is 3.34. The standard InChI is InChI=1S/C28H30P2/c1-4-12-24(13-5-1)25(20-23-30-22-11-21-29-30)18-10-19-28(26-14-6-2-7-15-26)27-16-8-3-9-17-27/h1-9,11-17,21-22,25,28H,10,18-20,23H2. The van der Waals surface area contributed by atoms with Crippen LogP contribution in [0.2, 0.25) is 0 Å². The van der Waals surface area contributed by atoms with Gasteiger partial charge in [0.05, 0.1) is 0 Å². The molecule has 0 spiro atoms. The molecule has 1 aromatic heterocycles. The van der Waals surface area contributed by atoms with Crippen molar-refractivity contribution in [1.82, 2.24) is 0 Å². The van der Waals surface area contributed by atoms with Crippen LogP contribution in [0.5, 0.6) is 0 Å². The summed E-state index contributed by atoms with van der Waals surface area (Å²) in [6, 6.07) is 35.5. The van der Waals surface area contributed by atoms with Crippen molar-refractivity contribution >= 4 is 15.1 Å². The van der Waals surface area contributed by atoms with E-state index < -0.39 is 0 Å². The topological polar surface area (TPSA) is 0 Å². The van der Waals surface area contributed by atoms with Crippen LogP contribution in [0.15, 0.2) is 109 Å². The molecule has 30 heavy (non-hydrogen) atoms. The number of aryl methyl sites for hydroxylation is 1. The molecule has 0 fully saturated rings. The first kappa shape index (κ1) is 21.1. The molecule has 0 saturated heterocycles. The lowest BCUT2D eigenvalue weighted by Gasteiger charge is -2.21. The van der Waals surface area contributed by atoms with Crippen molar-refractivity contribution in [3.05, 3.63) is 125 Å². The van der Waals surface area contributed by atoms with E-state index in [9.17, 15) is 0 Å². The summed E-state index contributed by atoms with van der Waals surface area (Å²) in [5, 5.41) is 0. The molecule has 2 unspecified atom stereocenters. The summed E-state index contributed by atoms with van der Waals surface area (Å²) in [5.74, 6) is 5.91. The van der Waals surface area contributed by atoms with Crippen molar-refractivity contribution in [3.8, 4) is 0 Å². The molecule has 0 aliphatic heterocycles. The van der Waals surface area contributed by atoms with Crippen LogP contribution in [0.25, 0.3) is 0 Å². The Morgan fingerprint density at radius 3 is 1.70 bits per heavy atom. The maximum Gasteiger partial charge on any atom is 0.00893 e. The van der Waals surface area contributed by atoms with Crippen LogP contribution in [0.3, 0.4) is 0 Å². The molecular formula is C28H30P2. The Balaban J connectivity index is 1.45. The monoisotopic (exact) mass is 428 g/mol. The zero-order chi connectivity index (χ0) is 20.4. The van der Waals surface area contributed by atoms with Crippen molar-refractivity contribution < 1.29 is 0 Å². The predicted molar refractivity (Wildman–Crippen MR) is 134 cm³/mol. The lowest BCUT2D eigenvalue weighted by molar-refractivity contribution is 0.533. The van der Waals surface area contributed by atoms with Gasteiger partial charge in [-0.05, 0) is 59.6 Å². The Kier molecular flexibility index (Phi) is 7.96. The van der Waals surface area contributed by atoms with Gasteiger partial charge in [-0.15, -0.1) is 0 Å². The highest BCUT2D eigenvalue weighted by atomic mass is 31.9. The molecule has 4 aromatic rings. The maximum atomic E-state index is 2.44. The Labute approximate surface area is 184 Å². The van der Waals surface area contributed by atoms with E-state index in [2.05, 4.69) is 109 Å². The van der Waals surface area contributed by atoms with E-state index in [4.69, 9.17) is 0 Å². The molecule has 0 nitrogen and oxygen atoms in total. The van der Waals surface area contributed by atoms with Crippen molar-refractivity contribution in [3.63, 3.8) is 0 Å². The summed E-state index contributed by atoms with van der Waals surface area (Å²) in [7, 11) is 1.61. The molecule has 4 rings (SSSR count). The normalized spacial score (nSPS) is 13.0. The second-order valence-corrected chi connectivity index (χ2v) is 12.4. The SMILES string of the molecule is c1ccc(C(CCCC(c2ccccc2)c2ccccc2)CCp2cccp2)cc1. The molecule has 0 radical (unpaired) electrons. The predicted octanol–water partition coefficient (Wildman–Crippen LogP) is 9.43. The molecule has 0 aliphatic rings. The molecule has 0 amide bonds. The van der Waals surface area contributed by atoms with Crippen LogP contribution < -0.4 is 0 Å². The van der Waals surface area contributed by atoms with Crippen molar-refractivity contribution in [1.29, 1.82) is 0 Å². The van der Waals surface area contributed by atoms with Gasteiger partial charge in [-0.25, -0.2) is 0 Å². The van der Waals surface area contributed by atoms with E-state index in [0.717, 1.165) is 0 Å². The third kappa shape index (κ3) is 5.95. The van der Waals surface area contributed by atoms with Gasteiger partial charge in [-0.2, -0.15) is 0 Å². The number of benzene rings is 3. The van der Waals surface area contributed by atoms with Crippen molar-refractivity contribution in [2.24, 2.45) is 0 Å². The molecule has 3 aromatic carbocycles. The minimum atomic E-state index is 0.0684. The van der Waals surface area contributed by atoms with Gasteiger partial charge in [0.25, 0.3) is 0 Å². The highest BCUT2D eigenvalue weighted by Crippen LogP contribution is 2.43. The first-order valence-corrected chi connectivity index (χ1v) is 14.3. The summed E-state index contributed by atoms with van der Waals surface area (Å²) in [4.78, 5) is 0. The molecule has 1 heterocycles. The fourth-order valence-corrected chi connectivity index (χ4v) is 7.96. The third-order valence-corrected chi connectivity index (χ3v) is 10.1. The average molecular weight is 428 g/mol. The third-order valence-electron chi connectivity index (χ3n) is 5.99. The van der Waals surface area contributed by atoms with Gasteiger partial charge in [-0.3, -0.25) is 0 Å². The molecule has 0 N–H and O–H groups in total. The Morgan fingerprint density at radius 1 is 0.600 bits per heavy atom. The Bertz CT molecular complexity index is 924. The maximum absolute atomic E-state index is 2.44. The zero-order valence-electron chi connectivity index (χ0n) is 17.5. The highest BCUT2D eigenvalue weighted by molar-refractivity contribution is 7.99. The molecule has 0 saturated carbocycles. The van der Waals surface area contributed by atoms with Gasteiger partial charge in [0, 0.05) is 5.92 Å². The fourth-order valence-electron chi connectivity index (χ4n) is 4.39. The molecule has 0 bridgehead atoms. The molecule has 2 heteroatoms. The van der Waals surface area contributed by atoms with Crippen LogP contribution in [0.1, 0.15) is 54.2 Å². The molecule has 0 aliphatic carbocycles. The van der Waals surface area contributed by atoms with Crippen LogP contribution in [-0.2, 0) is 6.16 Å². The zero-order valence-corrected chi connectivity index (χ0v) is 19.3. The van der Waals surface area contributed by atoms with Crippen molar-refractivity contribution in [2.75, 3.05) is 0 Å². The van der Waals surface area contributed by atoms with E-state index in [-0.39, 0.29) is 7.21 Å². The van der Waals surface area contributed by atoms with Gasteiger partial charge in [0.2, 0.25) is 0 Å². The lowest BCUT2D eigenvalue weighted by Crippen LogP contribution is -2.04. The minimum absolute atomic E-state index is 0.0684. The van der Waals surface area contributed by atoms with Gasteiger partial charge >= 0.3 is 0 Å². The van der Waals surface area contributed by atoms with Gasteiger partial charge in [0.15, 0.2) is 0 Å². The molecular weight excluding hydrogens is 398 g/mol. The summed E-state index contributed by atoms with van der Waals surface area (Å²) < 4.78 is 0. The van der Waals surface area contributed by atoms with E-state index in [1.807, 2.05) is 0 Å². The smallest absolute Gasteiger partial charge is 0.00893 e. The van der Waals surface area contributed by atoms with Gasteiger partial charge in [-0.1, -0.05) is 119 Å². The molecule has 152 valence electrons. The Morgan fingerprint density at radius 2 is 1.17 bits per heavy atom. The summed E-state index contributed by atoms with van der Waals surface area (Å²) >= 11 is 0. The lowest BCUT2D eigenvalue weighted by atomic mass is 9.84. The first-order chi connectivity index (χ1) is 14.9. The van der Waals surface area contributed by atoms with E-state index >= 15 is 0 Å². The second kappa shape index (κ2) is 11.3. The van der Waals surface area contributed by atoms with Crippen LogP contribution in [0, 0.1) is 0 Å². The summed E-state index contributed by atoms with van der Waals surface area (Å²) in [6.45, 7) is 0.